The predicted molar refractivity (Wildman–Crippen MR) is 128 cm³/mol. The molecule has 1 aliphatic heterocycles. The third-order valence-electron chi connectivity index (χ3n) is 5.22. The molecular formula is C24H23ClN2O6S. The van der Waals surface area contributed by atoms with E-state index in [1.54, 1.807) is 61.5 Å². The normalized spacial score (nSPS) is 12.3. The SMILES string of the molecule is COc1ccc(C)cc1S(=O)(=O)N(CC(=O)NCc1ccc2c(c1)OCO2)c1ccc(Cl)cc1. The summed E-state index contributed by atoms with van der Waals surface area (Å²) in [5.74, 6) is 0.944. The van der Waals surface area contributed by atoms with Gasteiger partial charge in [-0.05, 0) is 66.6 Å². The number of hydrogen-bond acceptors (Lipinski definition) is 6. The molecule has 10 heteroatoms. The lowest BCUT2D eigenvalue weighted by Crippen LogP contribution is -2.40. The molecule has 0 fully saturated rings. The zero-order valence-electron chi connectivity index (χ0n) is 18.6. The van der Waals surface area contributed by atoms with Gasteiger partial charge in [0.15, 0.2) is 11.5 Å². The second-order valence-electron chi connectivity index (χ2n) is 7.61. The molecule has 1 heterocycles. The first kappa shape index (κ1) is 23.7. The molecule has 0 saturated heterocycles. The maximum Gasteiger partial charge on any atom is 0.268 e. The van der Waals surface area contributed by atoms with Gasteiger partial charge < -0.3 is 19.5 Å². The van der Waals surface area contributed by atoms with Crippen LogP contribution >= 0.6 is 11.6 Å². The van der Waals surface area contributed by atoms with Gasteiger partial charge in [0.2, 0.25) is 12.7 Å². The van der Waals surface area contributed by atoms with Gasteiger partial charge in [0.1, 0.15) is 17.2 Å². The summed E-state index contributed by atoms with van der Waals surface area (Å²) < 4.78 is 44.4. The Morgan fingerprint density at radius 3 is 2.53 bits per heavy atom. The van der Waals surface area contributed by atoms with E-state index in [4.69, 9.17) is 25.8 Å². The third kappa shape index (κ3) is 5.05. The quantitative estimate of drug-likeness (QED) is 0.502. The number of fused-ring (bicyclic) bond motifs is 1. The molecule has 0 saturated carbocycles. The zero-order chi connectivity index (χ0) is 24.3. The van der Waals surface area contributed by atoms with Crippen LogP contribution in [0.2, 0.25) is 5.02 Å². The molecule has 0 radical (unpaired) electrons. The molecule has 0 bridgehead atoms. The molecule has 3 aromatic carbocycles. The molecule has 0 aliphatic carbocycles. The second-order valence-corrected chi connectivity index (χ2v) is 9.87. The van der Waals surface area contributed by atoms with E-state index in [-0.39, 0.29) is 24.0 Å². The number of carbonyl (C=O) groups excluding carboxylic acids is 1. The Balaban J connectivity index is 1.59. The van der Waals surface area contributed by atoms with Crippen molar-refractivity contribution < 1.29 is 27.4 Å². The van der Waals surface area contributed by atoms with Gasteiger partial charge in [-0.2, -0.15) is 0 Å². The highest BCUT2D eigenvalue weighted by atomic mass is 35.5. The largest absolute Gasteiger partial charge is 0.495 e. The Hall–Kier alpha value is -3.43. The van der Waals surface area contributed by atoms with Crippen LogP contribution in [0.15, 0.2) is 65.6 Å². The van der Waals surface area contributed by atoms with E-state index in [0.717, 1.165) is 15.4 Å². The molecule has 0 aromatic heterocycles. The van der Waals surface area contributed by atoms with Gasteiger partial charge in [0.25, 0.3) is 10.0 Å². The summed E-state index contributed by atoms with van der Waals surface area (Å²) in [6.07, 6.45) is 0. The molecule has 0 atom stereocenters. The first-order chi connectivity index (χ1) is 16.3. The van der Waals surface area contributed by atoms with Crippen LogP contribution in [0.3, 0.4) is 0 Å². The van der Waals surface area contributed by atoms with E-state index < -0.39 is 22.5 Å². The van der Waals surface area contributed by atoms with E-state index in [2.05, 4.69) is 5.32 Å². The van der Waals surface area contributed by atoms with Gasteiger partial charge in [-0.1, -0.05) is 23.7 Å². The van der Waals surface area contributed by atoms with Crippen molar-refractivity contribution in [3.63, 3.8) is 0 Å². The highest BCUT2D eigenvalue weighted by Crippen LogP contribution is 2.33. The molecule has 1 aliphatic rings. The summed E-state index contributed by atoms with van der Waals surface area (Å²) in [4.78, 5) is 12.8. The number of methoxy groups -OCH3 is 1. The number of nitrogens with one attached hydrogen (secondary N) is 1. The number of anilines is 1. The number of ether oxygens (including phenoxy) is 3. The van der Waals surface area contributed by atoms with Gasteiger partial charge in [-0.25, -0.2) is 8.42 Å². The maximum absolute atomic E-state index is 13.7. The number of carbonyl (C=O) groups is 1. The predicted octanol–water partition coefficient (Wildman–Crippen LogP) is 3.90. The number of hydrogen-bond donors (Lipinski definition) is 1. The topological polar surface area (TPSA) is 94.2 Å². The lowest BCUT2D eigenvalue weighted by molar-refractivity contribution is -0.119. The van der Waals surface area contributed by atoms with Crippen molar-refractivity contribution in [2.45, 2.75) is 18.4 Å². The molecule has 3 aromatic rings. The van der Waals surface area contributed by atoms with E-state index in [9.17, 15) is 13.2 Å². The van der Waals surface area contributed by atoms with Crippen LogP contribution in [0.25, 0.3) is 0 Å². The Labute approximate surface area is 203 Å². The van der Waals surface area contributed by atoms with Crippen molar-refractivity contribution in [3.05, 3.63) is 76.8 Å². The van der Waals surface area contributed by atoms with Crippen molar-refractivity contribution in [2.75, 3.05) is 24.8 Å². The standard InChI is InChI=1S/C24H23ClN2O6S/c1-16-3-9-21(31-2)23(11-16)34(29,30)27(19-7-5-18(25)6-8-19)14-24(28)26-13-17-4-10-20-22(12-17)33-15-32-20/h3-12H,13-15H2,1-2H3,(H,26,28). The minimum atomic E-state index is -4.15. The van der Waals surface area contributed by atoms with Crippen molar-refractivity contribution >= 4 is 33.2 Å². The van der Waals surface area contributed by atoms with E-state index in [1.807, 2.05) is 0 Å². The highest BCUT2D eigenvalue weighted by Gasteiger charge is 2.30. The fourth-order valence-electron chi connectivity index (χ4n) is 3.46. The molecule has 0 spiro atoms. The monoisotopic (exact) mass is 502 g/mol. The fraction of sp³-hybridized carbons (Fsp3) is 0.208. The minimum absolute atomic E-state index is 0.0338. The lowest BCUT2D eigenvalue weighted by atomic mass is 10.2. The summed E-state index contributed by atoms with van der Waals surface area (Å²) in [7, 11) is -2.75. The molecule has 8 nitrogen and oxygen atoms in total. The van der Waals surface area contributed by atoms with Crippen molar-refractivity contribution in [1.29, 1.82) is 0 Å². The summed E-state index contributed by atoms with van der Waals surface area (Å²) >= 11 is 5.99. The number of aryl methyl sites for hydroxylation is 1. The van der Waals surface area contributed by atoms with E-state index in [0.29, 0.717) is 22.2 Å². The van der Waals surface area contributed by atoms with Crippen LogP contribution in [-0.2, 0) is 21.4 Å². The molecular weight excluding hydrogens is 480 g/mol. The Morgan fingerprint density at radius 1 is 1.06 bits per heavy atom. The number of nitrogens with zero attached hydrogens (tertiary/aromatic N) is 1. The summed E-state index contributed by atoms with van der Waals surface area (Å²) in [6.45, 7) is 1.69. The van der Waals surface area contributed by atoms with Crippen LogP contribution in [0.4, 0.5) is 5.69 Å². The van der Waals surface area contributed by atoms with Gasteiger partial charge >= 0.3 is 0 Å². The number of amides is 1. The van der Waals surface area contributed by atoms with Crippen molar-refractivity contribution in [1.82, 2.24) is 5.32 Å². The average Bonchev–Trinajstić information content (AvgIpc) is 3.30. The van der Waals surface area contributed by atoms with Gasteiger partial charge in [0.05, 0.1) is 12.8 Å². The molecule has 34 heavy (non-hydrogen) atoms. The Kier molecular flexibility index (Phi) is 6.85. The van der Waals surface area contributed by atoms with E-state index in [1.165, 1.54) is 13.2 Å². The second kappa shape index (κ2) is 9.82. The smallest absolute Gasteiger partial charge is 0.268 e. The first-order valence-corrected chi connectivity index (χ1v) is 12.2. The average molecular weight is 503 g/mol. The summed E-state index contributed by atoms with van der Waals surface area (Å²) in [6, 6.07) is 16.4. The van der Waals surface area contributed by atoms with Crippen LogP contribution in [0.1, 0.15) is 11.1 Å². The van der Waals surface area contributed by atoms with Gasteiger partial charge in [-0.15, -0.1) is 0 Å². The van der Waals surface area contributed by atoms with Gasteiger partial charge in [-0.3, -0.25) is 9.10 Å². The Bertz CT molecular complexity index is 1310. The highest BCUT2D eigenvalue weighted by molar-refractivity contribution is 7.93. The number of rotatable bonds is 8. The van der Waals surface area contributed by atoms with Crippen molar-refractivity contribution in [3.8, 4) is 17.2 Å². The number of halogens is 1. The molecule has 4 rings (SSSR count). The number of sulfonamides is 1. The van der Waals surface area contributed by atoms with E-state index >= 15 is 0 Å². The molecule has 1 N–H and O–H groups in total. The maximum atomic E-state index is 13.7. The summed E-state index contributed by atoms with van der Waals surface area (Å²) in [5.41, 5.74) is 1.83. The molecule has 0 unspecified atom stereocenters. The number of benzene rings is 3. The van der Waals surface area contributed by atoms with Crippen LogP contribution in [0.5, 0.6) is 17.2 Å². The van der Waals surface area contributed by atoms with Crippen LogP contribution < -0.4 is 23.8 Å². The molecule has 1 amide bonds. The van der Waals surface area contributed by atoms with Crippen molar-refractivity contribution in [2.24, 2.45) is 0 Å². The minimum Gasteiger partial charge on any atom is -0.495 e. The Morgan fingerprint density at radius 2 is 1.79 bits per heavy atom. The fourth-order valence-corrected chi connectivity index (χ4v) is 5.25. The van der Waals surface area contributed by atoms with Crippen LogP contribution in [-0.4, -0.2) is 34.8 Å². The molecule has 178 valence electrons. The van der Waals surface area contributed by atoms with Crippen LogP contribution in [0, 0.1) is 6.92 Å². The van der Waals surface area contributed by atoms with Gasteiger partial charge in [0, 0.05) is 11.6 Å². The first-order valence-electron chi connectivity index (χ1n) is 10.4. The summed E-state index contributed by atoms with van der Waals surface area (Å²) in [5, 5.41) is 3.21. The zero-order valence-corrected chi connectivity index (χ0v) is 20.2. The lowest BCUT2D eigenvalue weighted by Gasteiger charge is -2.25. The third-order valence-corrected chi connectivity index (χ3v) is 7.26.